The van der Waals surface area contributed by atoms with Crippen LogP contribution in [0.5, 0.6) is 0 Å². The van der Waals surface area contributed by atoms with Gasteiger partial charge in [-0.1, -0.05) is 62.2 Å². The molecule has 0 aliphatic carbocycles. The maximum atomic E-state index is 13.0. The number of halogens is 2. The van der Waals surface area contributed by atoms with E-state index in [1.807, 2.05) is 32.9 Å². The molecule has 0 bridgehead atoms. The third-order valence-corrected chi connectivity index (χ3v) is 4.92. The lowest BCUT2D eigenvalue weighted by Gasteiger charge is -2.28. The van der Waals surface area contributed by atoms with Crippen LogP contribution in [0, 0.1) is 5.41 Å². The summed E-state index contributed by atoms with van der Waals surface area (Å²) in [6.45, 7) is 5.82. The minimum Gasteiger partial charge on any atom is -0.369 e. The quantitative estimate of drug-likeness (QED) is 0.677. The Hall–Kier alpha value is -2.08. The van der Waals surface area contributed by atoms with E-state index in [0.717, 1.165) is 5.56 Å². The number of nitrogens with one attached hydrogen (secondary N) is 2. The van der Waals surface area contributed by atoms with E-state index in [0.29, 0.717) is 21.3 Å². The van der Waals surface area contributed by atoms with E-state index in [2.05, 4.69) is 10.8 Å². The van der Waals surface area contributed by atoms with E-state index in [1.54, 1.807) is 30.3 Å². The zero-order valence-corrected chi connectivity index (χ0v) is 17.4. The minimum atomic E-state index is -1.28. The van der Waals surface area contributed by atoms with Gasteiger partial charge in [0.1, 0.15) is 0 Å². The van der Waals surface area contributed by atoms with Crippen molar-refractivity contribution >= 4 is 40.8 Å². The first-order chi connectivity index (χ1) is 13.1. The molecule has 1 aliphatic heterocycles. The molecular weight excluding hydrogens is 399 g/mol. The number of benzene rings is 2. The van der Waals surface area contributed by atoms with Gasteiger partial charge in [-0.2, -0.15) is 0 Å². The van der Waals surface area contributed by atoms with Gasteiger partial charge in [-0.3, -0.25) is 9.59 Å². The Morgan fingerprint density at radius 3 is 2.54 bits per heavy atom. The van der Waals surface area contributed by atoms with Crippen LogP contribution < -0.4 is 10.8 Å². The van der Waals surface area contributed by atoms with Crippen LogP contribution >= 0.6 is 23.2 Å². The van der Waals surface area contributed by atoms with Crippen LogP contribution in [0.2, 0.25) is 10.0 Å². The van der Waals surface area contributed by atoms with Crippen molar-refractivity contribution < 1.29 is 14.4 Å². The number of hydrogen-bond donors (Lipinski definition) is 2. The Morgan fingerprint density at radius 2 is 1.86 bits per heavy atom. The number of carbonyl (C=O) groups is 2. The predicted octanol–water partition coefficient (Wildman–Crippen LogP) is 4.87. The lowest BCUT2D eigenvalue weighted by molar-refractivity contribution is -0.160. The topological polar surface area (TPSA) is 67.4 Å². The van der Waals surface area contributed by atoms with Gasteiger partial charge in [-0.05, 0) is 35.2 Å². The number of carbonyl (C=O) groups excluding carboxylic acids is 2. The van der Waals surface area contributed by atoms with Crippen LogP contribution in [0.25, 0.3) is 0 Å². The van der Waals surface area contributed by atoms with E-state index < -0.39 is 11.5 Å². The van der Waals surface area contributed by atoms with Crippen LogP contribution in [0.3, 0.4) is 0 Å². The molecule has 7 heteroatoms. The van der Waals surface area contributed by atoms with Crippen molar-refractivity contribution in [2.75, 3.05) is 5.32 Å². The summed E-state index contributed by atoms with van der Waals surface area (Å²) < 4.78 is 0. The van der Waals surface area contributed by atoms with Crippen LogP contribution in [0.1, 0.15) is 38.3 Å². The molecule has 1 atom stereocenters. The number of amides is 1. The second-order valence-electron chi connectivity index (χ2n) is 8.17. The number of anilines is 1. The maximum Gasteiger partial charge on any atom is 0.325 e. The third kappa shape index (κ3) is 4.49. The van der Waals surface area contributed by atoms with E-state index in [9.17, 15) is 9.59 Å². The fourth-order valence-corrected chi connectivity index (χ4v) is 3.61. The summed E-state index contributed by atoms with van der Waals surface area (Å²) >= 11 is 12.2. The van der Waals surface area contributed by atoms with E-state index in [1.165, 1.54) is 0 Å². The summed E-state index contributed by atoms with van der Waals surface area (Å²) in [7, 11) is 0. The van der Waals surface area contributed by atoms with E-state index >= 15 is 0 Å². The fraction of sp³-hybridized carbons (Fsp3) is 0.333. The summed E-state index contributed by atoms with van der Waals surface area (Å²) in [5.41, 5.74) is 3.31. The van der Waals surface area contributed by atoms with Gasteiger partial charge in [0.15, 0.2) is 5.54 Å². The number of hydrogen-bond acceptors (Lipinski definition) is 4. The molecule has 0 saturated carbocycles. The highest BCUT2D eigenvalue weighted by atomic mass is 35.5. The number of hydroxylamine groups is 1. The Balaban J connectivity index is 1.96. The van der Waals surface area contributed by atoms with Crippen LogP contribution in [0.15, 0.2) is 42.5 Å². The molecule has 0 radical (unpaired) electrons. The second-order valence-corrected chi connectivity index (χ2v) is 9.04. The van der Waals surface area contributed by atoms with Crippen molar-refractivity contribution in [3.05, 3.63) is 63.6 Å². The van der Waals surface area contributed by atoms with E-state index in [4.69, 9.17) is 28.0 Å². The Labute approximate surface area is 174 Å². The molecule has 2 aromatic carbocycles. The molecule has 5 nitrogen and oxygen atoms in total. The Kier molecular flexibility index (Phi) is 5.71. The average Bonchev–Trinajstić information content (AvgIpc) is 2.83. The summed E-state index contributed by atoms with van der Waals surface area (Å²) in [4.78, 5) is 30.6. The minimum absolute atomic E-state index is 0.211. The molecule has 148 valence electrons. The molecule has 0 aromatic heterocycles. The molecule has 0 unspecified atom stereocenters. The maximum absolute atomic E-state index is 13.0. The lowest BCUT2D eigenvalue weighted by Crippen LogP contribution is -2.50. The molecule has 1 aliphatic rings. The van der Waals surface area contributed by atoms with Crippen molar-refractivity contribution in [1.29, 1.82) is 0 Å². The normalized spacial score (nSPS) is 18.5. The summed E-state index contributed by atoms with van der Waals surface area (Å²) in [5.74, 6) is -0.763. The highest BCUT2D eigenvalue weighted by Gasteiger charge is 2.48. The predicted molar refractivity (Wildman–Crippen MR) is 110 cm³/mol. The molecule has 0 saturated heterocycles. The first kappa shape index (κ1) is 20.6. The summed E-state index contributed by atoms with van der Waals surface area (Å²) in [6.07, 6.45) is 0.458. The molecular formula is C21H22Cl2N2O3. The monoisotopic (exact) mass is 420 g/mol. The van der Waals surface area contributed by atoms with Gasteiger partial charge in [0.2, 0.25) is 0 Å². The van der Waals surface area contributed by atoms with Gasteiger partial charge < -0.3 is 10.2 Å². The summed E-state index contributed by atoms with van der Waals surface area (Å²) in [5, 5.41) is 3.89. The van der Waals surface area contributed by atoms with Crippen LogP contribution in [0.4, 0.5) is 5.69 Å². The fourth-order valence-electron chi connectivity index (χ4n) is 3.22. The van der Waals surface area contributed by atoms with Gasteiger partial charge in [0.05, 0.1) is 6.42 Å². The van der Waals surface area contributed by atoms with Gasteiger partial charge in [-0.25, -0.2) is 0 Å². The largest absolute Gasteiger partial charge is 0.369 e. The van der Waals surface area contributed by atoms with Crippen molar-refractivity contribution in [1.82, 2.24) is 5.48 Å². The van der Waals surface area contributed by atoms with Crippen molar-refractivity contribution in [2.24, 2.45) is 5.41 Å². The SMILES string of the molecule is CC(C)(C)CC(=O)ON[C@@]1(Cc2cccc(Cl)c2)C(=O)Nc2cc(Cl)ccc21. The molecule has 1 heterocycles. The van der Waals surface area contributed by atoms with Crippen LogP contribution in [-0.2, 0) is 26.4 Å². The van der Waals surface area contributed by atoms with E-state index in [-0.39, 0.29) is 24.2 Å². The molecule has 3 rings (SSSR count). The highest BCUT2D eigenvalue weighted by molar-refractivity contribution is 6.31. The van der Waals surface area contributed by atoms with Gasteiger partial charge in [-0.15, -0.1) is 5.48 Å². The summed E-state index contributed by atoms with van der Waals surface area (Å²) in [6, 6.07) is 12.4. The number of fused-ring (bicyclic) bond motifs is 1. The Bertz CT molecular complexity index is 924. The van der Waals surface area contributed by atoms with Crippen molar-refractivity contribution in [3.63, 3.8) is 0 Å². The molecule has 2 aromatic rings. The van der Waals surface area contributed by atoms with Crippen molar-refractivity contribution in [2.45, 2.75) is 39.2 Å². The zero-order chi connectivity index (χ0) is 20.5. The highest BCUT2D eigenvalue weighted by Crippen LogP contribution is 2.40. The first-order valence-corrected chi connectivity index (χ1v) is 9.67. The smallest absolute Gasteiger partial charge is 0.325 e. The molecule has 1 amide bonds. The standard InChI is InChI=1S/C21H22Cl2N2O3/c1-20(2,3)12-18(26)28-25-21(11-13-5-4-6-14(22)9-13)16-8-7-15(23)10-17(16)24-19(21)27/h4-10,25H,11-12H2,1-3H3,(H,24,27)/t21-/m1/s1. The second kappa shape index (κ2) is 7.74. The molecule has 28 heavy (non-hydrogen) atoms. The van der Waals surface area contributed by atoms with Gasteiger partial charge in [0, 0.05) is 27.7 Å². The van der Waals surface area contributed by atoms with Gasteiger partial charge in [0.25, 0.3) is 5.91 Å². The number of rotatable bonds is 5. The van der Waals surface area contributed by atoms with Crippen molar-refractivity contribution in [3.8, 4) is 0 Å². The third-order valence-electron chi connectivity index (χ3n) is 4.45. The lowest BCUT2D eigenvalue weighted by atomic mass is 9.85. The molecule has 0 fully saturated rings. The molecule has 0 spiro atoms. The van der Waals surface area contributed by atoms with Gasteiger partial charge >= 0.3 is 5.97 Å². The first-order valence-electron chi connectivity index (χ1n) is 8.92. The molecule has 2 N–H and O–H groups in total. The average molecular weight is 421 g/mol. The zero-order valence-electron chi connectivity index (χ0n) is 15.9. The van der Waals surface area contributed by atoms with Crippen LogP contribution in [-0.4, -0.2) is 11.9 Å². The Morgan fingerprint density at radius 1 is 1.14 bits per heavy atom.